The zero-order valence-electron chi connectivity index (χ0n) is 11.6. The summed E-state index contributed by atoms with van der Waals surface area (Å²) in [6.07, 6.45) is 7.93. The lowest BCUT2D eigenvalue weighted by molar-refractivity contribution is 0.561. The third kappa shape index (κ3) is 3.93. The predicted octanol–water partition coefficient (Wildman–Crippen LogP) is 4.26. The van der Waals surface area contributed by atoms with Crippen LogP contribution in [0.3, 0.4) is 0 Å². The van der Waals surface area contributed by atoms with E-state index in [1.165, 1.54) is 32.1 Å². The van der Waals surface area contributed by atoms with E-state index in [0.717, 1.165) is 16.1 Å². The number of halogens is 1. The van der Waals surface area contributed by atoms with Gasteiger partial charge in [-0.1, -0.05) is 33.1 Å². The number of aromatic nitrogens is 3. The van der Waals surface area contributed by atoms with E-state index in [9.17, 15) is 0 Å². The molecule has 2 heterocycles. The molecule has 0 saturated carbocycles. The Bertz CT molecular complexity index is 523. The fourth-order valence-corrected chi connectivity index (χ4v) is 2.52. The first-order valence-corrected chi connectivity index (χ1v) is 7.80. The van der Waals surface area contributed by atoms with Crippen LogP contribution in [0.2, 0.25) is 0 Å². The number of fused-ring (bicyclic) bond motifs is 1. The van der Waals surface area contributed by atoms with Crippen molar-refractivity contribution in [1.82, 2.24) is 14.6 Å². The highest BCUT2D eigenvalue weighted by Crippen LogP contribution is 2.15. The van der Waals surface area contributed by atoms with E-state index < -0.39 is 0 Å². The lowest BCUT2D eigenvalue weighted by Gasteiger charge is -2.16. The summed E-state index contributed by atoms with van der Waals surface area (Å²) in [6, 6.07) is 4.42. The Labute approximate surface area is 122 Å². The number of rotatable bonds is 7. The molecule has 0 bridgehead atoms. The number of hydrogen-bond donors (Lipinski definition) is 1. The first-order valence-electron chi connectivity index (χ1n) is 7.01. The molecule has 1 N–H and O–H groups in total. The summed E-state index contributed by atoms with van der Waals surface area (Å²) in [5.41, 5.74) is 0.872. The number of nitrogens with zero attached hydrogens (tertiary/aromatic N) is 3. The number of pyridine rings is 1. The van der Waals surface area contributed by atoms with Gasteiger partial charge in [0.05, 0.1) is 0 Å². The molecule has 0 aliphatic heterocycles. The van der Waals surface area contributed by atoms with Gasteiger partial charge in [-0.2, -0.15) is 4.98 Å². The van der Waals surface area contributed by atoms with E-state index in [0.29, 0.717) is 6.04 Å². The van der Waals surface area contributed by atoms with Crippen LogP contribution in [0.1, 0.15) is 46.0 Å². The van der Waals surface area contributed by atoms with Crippen LogP contribution in [0.25, 0.3) is 5.65 Å². The third-order valence-corrected chi connectivity index (χ3v) is 3.64. The van der Waals surface area contributed by atoms with Crippen LogP contribution in [0.4, 0.5) is 5.95 Å². The SMILES string of the molecule is CCCCC(CCC)Nc1nc2ccc(Br)cn2n1. The van der Waals surface area contributed by atoms with Crippen LogP contribution in [-0.2, 0) is 0 Å². The van der Waals surface area contributed by atoms with Crippen molar-refractivity contribution in [2.45, 2.75) is 52.0 Å². The lowest BCUT2D eigenvalue weighted by Crippen LogP contribution is -2.20. The van der Waals surface area contributed by atoms with E-state index in [1.807, 2.05) is 18.3 Å². The molecule has 0 aromatic carbocycles. The maximum atomic E-state index is 4.50. The summed E-state index contributed by atoms with van der Waals surface area (Å²) in [7, 11) is 0. The molecule has 0 saturated heterocycles. The van der Waals surface area contributed by atoms with Gasteiger partial charge < -0.3 is 5.32 Å². The fraction of sp³-hybridized carbons (Fsp3) is 0.571. The first-order chi connectivity index (χ1) is 9.22. The fourth-order valence-electron chi connectivity index (χ4n) is 2.19. The monoisotopic (exact) mass is 324 g/mol. The second kappa shape index (κ2) is 6.89. The van der Waals surface area contributed by atoms with E-state index in [1.54, 1.807) is 4.52 Å². The Balaban J connectivity index is 2.09. The van der Waals surface area contributed by atoms with Crippen LogP contribution in [0, 0.1) is 0 Å². The molecule has 1 atom stereocenters. The van der Waals surface area contributed by atoms with Gasteiger partial charge in [-0.25, -0.2) is 4.52 Å². The van der Waals surface area contributed by atoms with Crippen molar-refractivity contribution in [2.75, 3.05) is 5.32 Å². The van der Waals surface area contributed by atoms with Gasteiger partial charge in [0.2, 0.25) is 5.95 Å². The second-order valence-electron chi connectivity index (χ2n) is 4.86. The number of hydrogen-bond acceptors (Lipinski definition) is 3. The quantitative estimate of drug-likeness (QED) is 0.827. The topological polar surface area (TPSA) is 42.2 Å². The predicted molar refractivity (Wildman–Crippen MR) is 82.5 cm³/mol. The van der Waals surface area contributed by atoms with E-state index >= 15 is 0 Å². The first kappa shape index (κ1) is 14.3. The minimum atomic E-state index is 0.478. The summed E-state index contributed by atoms with van der Waals surface area (Å²) >= 11 is 3.44. The van der Waals surface area contributed by atoms with Crippen molar-refractivity contribution in [1.29, 1.82) is 0 Å². The highest BCUT2D eigenvalue weighted by Gasteiger charge is 2.10. The summed E-state index contributed by atoms with van der Waals surface area (Å²) in [6.45, 7) is 4.44. The molecule has 0 aliphatic rings. The zero-order chi connectivity index (χ0) is 13.7. The highest BCUT2D eigenvalue weighted by molar-refractivity contribution is 9.10. The van der Waals surface area contributed by atoms with Crippen molar-refractivity contribution in [3.63, 3.8) is 0 Å². The Morgan fingerprint density at radius 3 is 2.84 bits per heavy atom. The second-order valence-corrected chi connectivity index (χ2v) is 5.77. The summed E-state index contributed by atoms with van der Waals surface area (Å²) < 4.78 is 2.81. The molecule has 0 amide bonds. The van der Waals surface area contributed by atoms with Crippen LogP contribution in [0.15, 0.2) is 22.8 Å². The Morgan fingerprint density at radius 1 is 1.26 bits per heavy atom. The van der Waals surface area contributed by atoms with Crippen molar-refractivity contribution in [2.24, 2.45) is 0 Å². The molecule has 0 aliphatic carbocycles. The van der Waals surface area contributed by atoms with Gasteiger partial charge in [0, 0.05) is 16.7 Å². The molecule has 4 nitrogen and oxygen atoms in total. The van der Waals surface area contributed by atoms with Gasteiger partial charge in [0.1, 0.15) is 0 Å². The summed E-state index contributed by atoms with van der Waals surface area (Å²) in [5, 5.41) is 7.93. The molecule has 0 fully saturated rings. The molecule has 0 spiro atoms. The average Bonchev–Trinajstić information content (AvgIpc) is 2.77. The summed E-state index contributed by atoms with van der Waals surface area (Å²) in [5.74, 6) is 0.729. The minimum Gasteiger partial charge on any atom is -0.350 e. The molecule has 2 rings (SSSR count). The molecule has 5 heteroatoms. The van der Waals surface area contributed by atoms with Gasteiger partial charge in [0.15, 0.2) is 5.65 Å². The molecule has 2 aromatic rings. The third-order valence-electron chi connectivity index (χ3n) is 3.17. The van der Waals surface area contributed by atoms with Crippen molar-refractivity contribution in [3.05, 3.63) is 22.8 Å². The van der Waals surface area contributed by atoms with Crippen LogP contribution < -0.4 is 5.32 Å². The smallest absolute Gasteiger partial charge is 0.243 e. The average molecular weight is 325 g/mol. The highest BCUT2D eigenvalue weighted by atomic mass is 79.9. The molecular formula is C14H21BrN4. The molecule has 1 unspecified atom stereocenters. The van der Waals surface area contributed by atoms with Gasteiger partial charge in [-0.05, 0) is 40.9 Å². The van der Waals surface area contributed by atoms with Crippen LogP contribution in [0.5, 0.6) is 0 Å². The molecular weight excluding hydrogens is 304 g/mol. The van der Waals surface area contributed by atoms with E-state index in [4.69, 9.17) is 0 Å². The number of nitrogens with one attached hydrogen (secondary N) is 1. The van der Waals surface area contributed by atoms with E-state index in [-0.39, 0.29) is 0 Å². The maximum absolute atomic E-state index is 4.50. The molecule has 0 radical (unpaired) electrons. The number of anilines is 1. The zero-order valence-corrected chi connectivity index (χ0v) is 13.2. The molecule has 104 valence electrons. The molecule has 19 heavy (non-hydrogen) atoms. The van der Waals surface area contributed by atoms with Crippen molar-refractivity contribution >= 4 is 27.5 Å². The van der Waals surface area contributed by atoms with Crippen molar-refractivity contribution < 1.29 is 0 Å². The van der Waals surface area contributed by atoms with E-state index in [2.05, 4.69) is 45.2 Å². The largest absolute Gasteiger partial charge is 0.350 e. The minimum absolute atomic E-state index is 0.478. The maximum Gasteiger partial charge on any atom is 0.243 e. The van der Waals surface area contributed by atoms with Crippen LogP contribution in [-0.4, -0.2) is 20.6 Å². The Hall–Kier alpha value is -1.10. The van der Waals surface area contributed by atoms with Crippen molar-refractivity contribution in [3.8, 4) is 0 Å². The van der Waals surface area contributed by atoms with Gasteiger partial charge in [0.25, 0.3) is 0 Å². The standard InChI is InChI=1S/C14H21BrN4/c1-3-5-7-12(6-4-2)16-14-17-13-9-8-11(15)10-19(13)18-14/h8-10,12H,3-7H2,1-2H3,(H,16,18). The van der Waals surface area contributed by atoms with Gasteiger partial charge in [-0.3, -0.25) is 0 Å². The Morgan fingerprint density at radius 2 is 2.11 bits per heavy atom. The lowest BCUT2D eigenvalue weighted by atomic mass is 10.1. The van der Waals surface area contributed by atoms with Crippen LogP contribution >= 0.6 is 15.9 Å². The molecule has 2 aromatic heterocycles. The summed E-state index contributed by atoms with van der Waals surface area (Å²) in [4.78, 5) is 4.50. The van der Waals surface area contributed by atoms with Gasteiger partial charge >= 0.3 is 0 Å². The Kier molecular flexibility index (Phi) is 5.19. The number of unbranched alkanes of at least 4 members (excludes halogenated alkanes) is 1. The van der Waals surface area contributed by atoms with Gasteiger partial charge in [-0.15, -0.1) is 5.10 Å². The normalized spacial score (nSPS) is 12.8.